The Morgan fingerprint density at radius 3 is 2.45 bits per heavy atom. The third kappa shape index (κ3) is 8.55. The van der Waals surface area contributed by atoms with E-state index >= 15 is 0 Å². The van der Waals surface area contributed by atoms with Gasteiger partial charge in [0, 0.05) is 6.61 Å². The molecule has 0 spiro atoms. The van der Waals surface area contributed by atoms with Crippen molar-refractivity contribution in [2.75, 3.05) is 13.2 Å². The predicted molar refractivity (Wildman–Crippen MR) is 85.7 cm³/mol. The maximum Gasteiger partial charge on any atom is 0.106 e. The van der Waals surface area contributed by atoms with Gasteiger partial charge in [-0.05, 0) is 39.2 Å². The Labute approximate surface area is 126 Å². The van der Waals surface area contributed by atoms with E-state index in [1.165, 1.54) is 25.7 Å². The third-order valence-corrected chi connectivity index (χ3v) is 3.95. The van der Waals surface area contributed by atoms with E-state index in [1.54, 1.807) is 0 Å². The quantitative estimate of drug-likeness (QED) is 0.508. The van der Waals surface area contributed by atoms with Gasteiger partial charge in [0.15, 0.2) is 0 Å². The highest BCUT2D eigenvalue weighted by Gasteiger charge is 2.25. The van der Waals surface area contributed by atoms with Gasteiger partial charge in [-0.2, -0.15) is 5.26 Å². The first kappa shape index (κ1) is 19.4. The molecule has 0 amide bonds. The van der Waals surface area contributed by atoms with Crippen molar-refractivity contribution in [1.29, 1.82) is 5.26 Å². The van der Waals surface area contributed by atoms with Crippen LogP contribution >= 0.6 is 0 Å². The molecule has 0 aromatic heterocycles. The summed E-state index contributed by atoms with van der Waals surface area (Å²) < 4.78 is 5.85. The minimum Gasteiger partial charge on any atom is -0.379 e. The summed E-state index contributed by atoms with van der Waals surface area (Å²) in [6, 6.07) is 2.44. The average Bonchev–Trinajstić information content (AvgIpc) is 2.47. The second-order valence-corrected chi connectivity index (χ2v) is 5.71. The molecule has 0 radical (unpaired) electrons. The fourth-order valence-electron chi connectivity index (χ4n) is 2.50. The zero-order valence-corrected chi connectivity index (χ0v) is 14.0. The van der Waals surface area contributed by atoms with Crippen LogP contribution in [0, 0.1) is 11.3 Å². The van der Waals surface area contributed by atoms with Crippen LogP contribution < -0.4 is 5.32 Å². The summed E-state index contributed by atoms with van der Waals surface area (Å²) in [7, 11) is 0. The lowest BCUT2D eigenvalue weighted by atomic mass is 9.92. The number of ether oxygens (including phenoxy) is 1. The van der Waals surface area contributed by atoms with Crippen molar-refractivity contribution in [3.63, 3.8) is 0 Å². The van der Waals surface area contributed by atoms with Gasteiger partial charge in [-0.1, -0.05) is 46.5 Å². The lowest BCUT2D eigenvalue weighted by Gasteiger charge is -2.26. The summed E-state index contributed by atoms with van der Waals surface area (Å²) in [6.07, 6.45) is 9.38. The lowest BCUT2D eigenvalue weighted by Crippen LogP contribution is -2.43. The van der Waals surface area contributed by atoms with Gasteiger partial charge < -0.3 is 4.74 Å². The molecule has 2 atom stereocenters. The fraction of sp³-hybridized carbons (Fsp3) is 0.941. The van der Waals surface area contributed by atoms with E-state index in [2.05, 4.69) is 39.1 Å². The van der Waals surface area contributed by atoms with Crippen molar-refractivity contribution in [2.45, 2.75) is 90.7 Å². The summed E-state index contributed by atoms with van der Waals surface area (Å²) in [5, 5.41) is 12.6. The number of hydrogen-bond acceptors (Lipinski definition) is 3. The highest BCUT2D eigenvalue weighted by Crippen LogP contribution is 2.17. The minimum absolute atomic E-state index is 0.351. The summed E-state index contributed by atoms with van der Waals surface area (Å²) in [5.41, 5.74) is -0.359. The molecule has 118 valence electrons. The van der Waals surface area contributed by atoms with Crippen LogP contribution in [0.4, 0.5) is 0 Å². The molecular weight excluding hydrogens is 248 g/mol. The summed E-state index contributed by atoms with van der Waals surface area (Å²) >= 11 is 0. The summed E-state index contributed by atoms with van der Waals surface area (Å²) in [5.74, 6) is 0. The molecule has 3 heteroatoms. The van der Waals surface area contributed by atoms with Crippen molar-refractivity contribution in [3.8, 4) is 6.07 Å². The Balaban J connectivity index is 3.75. The number of nitrogens with zero attached hydrogens (tertiary/aromatic N) is 1. The molecule has 0 aromatic rings. The highest BCUT2D eigenvalue weighted by atomic mass is 16.5. The van der Waals surface area contributed by atoms with E-state index in [1.807, 2.05) is 0 Å². The Morgan fingerprint density at radius 1 is 1.15 bits per heavy atom. The molecule has 2 unspecified atom stereocenters. The van der Waals surface area contributed by atoms with Crippen molar-refractivity contribution < 1.29 is 4.74 Å². The van der Waals surface area contributed by atoms with E-state index in [9.17, 15) is 5.26 Å². The van der Waals surface area contributed by atoms with E-state index in [0.717, 1.165) is 38.8 Å². The van der Waals surface area contributed by atoms with Crippen LogP contribution in [0.15, 0.2) is 0 Å². The van der Waals surface area contributed by atoms with Crippen LogP contribution in [0.1, 0.15) is 79.1 Å². The highest BCUT2D eigenvalue weighted by molar-refractivity contribution is 5.05. The second-order valence-electron chi connectivity index (χ2n) is 5.71. The van der Waals surface area contributed by atoms with E-state index in [0.29, 0.717) is 6.10 Å². The molecule has 0 saturated heterocycles. The number of nitriles is 1. The predicted octanol–water partition coefficient (Wildman–Crippen LogP) is 4.42. The Bertz CT molecular complexity index is 262. The Kier molecular flexibility index (Phi) is 11.8. The van der Waals surface area contributed by atoms with Gasteiger partial charge >= 0.3 is 0 Å². The van der Waals surface area contributed by atoms with Gasteiger partial charge in [-0.15, -0.1) is 0 Å². The van der Waals surface area contributed by atoms with Gasteiger partial charge in [0.2, 0.25) is 0 Å². The average molecular weight is 282 g/mol. The molecule has 1 N–H and O–H groups in total. The van der Waals surface area contributed by atoms with Gasteiger partial charge in [0.05, 0.1) is 12.2 Å². The minimum atomic E-state index is -0.359. The summed E-state index contributed by atoms with van der Waals surface area (Å²) in [6.45, 7) is 10.1. The Morgan fingerprint density at radius 2 is 1.90 bits per heavy atom. The van der Waals surface area contributed by atoms with Crippen molar-refractivity contribution in [3.05, 3.63) is 0 Å². The topological polar surface area (TPSA) is 45.0 Å². The third-order valence-electron chi connectivity index (χ3n) is 3.95. The first-order valence-corrected chi connectivity index (χ1v) is 8.42. The van der Waals surface area contributed by atoms with Crippen LogP contribution in [-0.2, 0) is 4.74 Å². The van der Waals surface area contributed by atoms with Crippen molar-refractivity contribution >= 4 is 0 Å². The smallest absolute Gasteiger partial charge is 0.106 e. The molecular formula is C17H34N2O. The van der Waals surface area contributed by atoms with Crippen molar-refractivity contribution in [1.82, 2.24) is 5.32 Å². The molecule has 0 saturated carbocycles. The van der Waals surface area contributed by atoms with Gasteiger partial charge in [0.1, 0.15) is 5.54 Å². The molecule has 0 heterocycles. The zero-order chi connectivity index (χ0) is 15.3. The Hall–Kier alpha value is -0.590. The standard InChI is InChI=1S/C17H34N2O/c1-5-8-9-10-12-16(4)20-14-11-13-17(6-2,15-18)19-7-3/h16,19H,5-14H2,1-4H3. The fourth-order valence-corrected chi connectivity index (χ4v) is 2.50. The SMILES string of the molecule is CCCCCCC(C)OCCCC(C#N)(CC)NCC. The zero-order valence-electron chi connectivity index (χ0n) is 14.0. The molecule has 0 aliphatic heterocycles. The molecule has 3 nitrogen and oxygen atoms in total. The first-order valence-electron chi connectivity index (χ1n) is 8.42. The van der Waals surface area contributed by atoms with E-state index in [-0.39, 0.29) is 5.54 Å². The second kappa shape index (κ2) is 12.2. The molecule has 0 aliphatic rings. The van der Waals surface area contributed by atoms with E-state index in [4.69, 9.17) is 4.74 Å². The monoisotopic (exact) mass is 282 g/mol. The van der Waals surface area contributed by atoms with Gasteiger partial charge in [-0.25, -0.2) is 0 Å². The number of hydrogen-bond donors (Lipinski definition) is 1. The van der Waals surface area contributed by atoms with Crippen LogP contribution in [0.3, 0.4) is 0 Å². The largest absolute Gasteiger partial charge is 0.379 e. The molecule has 0 fully saturated rings. The summed E-state index contributed by atoms with van der Waals surface area (Å²) in [4.78, 5) is 0. The van der Waals surface area contributed by atoms with Crippen LogP contribution in [0.2, 0.25) is 0 Å². The van der Waals surface area contributed by atoms with Gasteiger partial charge in [-0.3, -0.25) is 5.32 Å². The maximum atomic E-state index is 9.33. The molecule has 20 heavy (non-hydrogen) atoms. The maximum absolute atomic E-state index is 9.33. The molecule has 0 bridgehead atoms. The molecule has 0 aromatic carbocycles. The molecule has 0 rings (SSSR count). The normalized spacial score (nSPS) is 15.6. The molecule has 0 aliphatic carbocycles. The van der Waals surface area contributed by atoms with Gasteiger partial charge in [0.25, 0.3) is 0 Å². The first-order chi connectivity index (χ1) is 9.64. The number of rotatable bonds is 13. The lowest BCUT2D eigenvalue weighted by molar-refractivity contribution is 0.0533. The van der Waals surface area contributed by atoms with Crippen LogP contribution in [-0.4, -0.2) is 24.8 Å². The number of unbranched alkanes of at least 4 members (excludes halogenated alkanes) is 3. The van der Waals surface area contributed by atoms with E-state index < -0.39 is 0 Å². The van der Waals surface area contributed by atoms with Crippen LogP contribution in [0.5, 0.6) is 0 Å². The van der Waals surface area contributed by atoms with Crippen LogP contribution in [0.25, 0.3) is 0 Å². The number of nitrogens with one attached hydrogen (secondary N) is 1. The van der Waals surface area contributed by atoms with Crippen molar-refractivity contribution in [2.24, 2.45) is 0 Å².